The number of rotatable bonds is 0. The lowest BCUT2D eigenvalue weighted by molar-refractivity contribution is -0.188. The van der Waals surface area contributed by atoms with E-state index in [4.69, 9.17) is 9.47 Å². The third-order valence-electron chi connectivity index (χ3n) is 4.45. The van der Waals surface area contributed by atoms with Gasteiger partial charge in [-0.05, 0) is 19.3 Å². The molecule has 0 aliphatic carbocycles. The lowest BCUT2D eigenvalue weighted by Crippen LogP contribution is -2.52. The fraction of sp³-hybridized carbons (Fsp3) is 0.857. The number of ether oxygens (including phenoxy) is 2. The Labute approximate surface area is 119 Å². The van der Waals surface area contributed by atoms with Crippen LogP contribution in [0.3, 0.4) is 0 Å². The van der Waals surface area contributed by atoms with Crippen molar-refractivity contribution in [1.29, 1.82) is 0 Å². The fourth-order valence-corrected chi connectivity index (χ4v) is 3.20. The molecule has 0 unspecified atom stereocenters. The number of carbonyl (C=O) groups is 2. The van der Waals surface area contributed by atoms with E-state index in [9.17, 15) is 9.59 Å². The molecule has 3 aliphatic heterocycles. The van der Waals surface area contributed by atoms with Crippen molar-refractivity contribution in [2.45, 2.75) is 37.9 Å². The Kier molecular flexibility index (Phi) is 3.94. The molecule has 0 aromatic carbocycles. The highest BCUT2D eigenvalue weighted by Crippen LogP contribution is 2.31. The highest BCUT2D eigenvalue weighted by Gasteiger charge is 2.42. The average Bonchev–Trinajstić information content (AvgIpc) is 2.96. The number of amides is 2. The third-order valence-corrected chi connectivity index (χ3v) is 4.45. The first-order chi connectivity index (χ1) is 9.70. The lowest BCUT2D eigenvalue weighted by Gasteiger charge is -2.38. The van der Waals surface area contributed by atoms with Gasteiger partial charge in [-0.3, -0.25) is 9.59 Å². The summed E-state index contributed by atoms with van der Waals surface area (Å²) in [7, 11) is 0. The number of likely N-dealkylation sites (tertiary alicyclic amines) is 2. The molecule has 0 saturated carbocycles. The number of hydrogen-bond acceptors (Lipinski definition) is 4. The Morgan fingerprint density at radius 3 is 1.80 bits per heavy atom. The molecule has 0 aromatic heterocycles. The van der Waals surface area contributed by atoms with Crippen LogP contribution < -0.4 is 0 Å². The molecule has 0 aromatic rings. The predicted octanol–water partition coefficient (Wildman–Crippen LogP) is 0.364. The second kappa shape index (κ2) is 5.69. The molecule has 0 atom stereocenters. The van der Waals surface area contributed by atoms with Gasteiger partial charge in [0.15, 0.2) is 5.79 Å². The summed E-state index contributed by atoms with van der Waals surface area (Å²) < 4.78 is 11.3. The van der Waals surface area contributed by atoms with E-state index in [0.717, 1.165) is 19.3 Å². The van der Waals surface area contributed by atoms with Gasteiger partial charge in [0.25, 0.3) is 0 Å². The summed E-state index contributed by atoms with van der Waals surface area (Å²) in [4.78, 5) is 27.8. The van der Waals surface area contributed by atoms with Gasteiger partial charge in [-0.25, -0.2) is 0 Å². The average molecular weight is 282 g/mol. The zero-order valence-electron chi connectivity index (χ0n) is 11.8. The van der Waals surface area contributed by atoms with Gasteiger partial charge >= 0.3 is 11.8 Å². The standard InChI is InChI=1S/C14H22N2O4/c17-12(15-6-2-1-3-7-15)13(18)16-8-4-14(5-9-16)19-10-11-20-14/h1-11H2. The van der Waals surface area contributed by atoms with Crippen LogP contribution in [-0.4, -0.2) is 66.8 Å². The Morgan fingerprint density at radius 2 is 1.25 bits per heavy atom. The maximum absolute atomic E-state index is 12.3. The van der Waals surface area contributed by atoms with Crippen LogP contribution in [0, 0.1) is 0 Å². The molecule has 3 aliphatic rings. The molecular weight excluding hydrogens is 260 g/mol. The summed E-state index contributed by atoms with van der Waals surface area (Å²) in [6.45, 7) is 3.77. The van der Waals surface area contributed by atoms with E-state index >= 15 is 0 Å². The van der Waals surface area contributed by atoms with Crippen LogP contribution in [0.25, 0.3) is 0 Å². The first-order valence-electron chi connectivity index (χ1n) is 7.56. The Bertz CT molecular complexity index is 377. The molecule has 112 valence electrons. The van der Waals surface area contributed by atoms with E-state index in [-0.39, 0.29) is 11.8 Å². The number of nitrogens with zero attached hydrogens (tertiary/aromatic N) is 2. The largest absolute Gasteiger partial charge is 0.347 e. The van der Waals surface area contributed by atoms with E-state index in [1.54, 1.807) is 9.80 Å². The molecule has 0 N–H and O–H groups in total. The van der Waals surface area contributed by atoms with Crippen molar-refractivity contribution >= 4 is 11.8 Å². The quantitative estimate of drug-likeness (QED) is 0.602. The molecule has 3 fully saturated rings. The summed E-state index contributed by atoms with van der Waals surface area (Å²) in [5.74, 6) is -1.20. The third kappa shape index (κ3) is 2.67. The highest BCUT2D eigenvalue weighted by molar-refractivity contribution is 6.34. The molecule has 3 rings (SSSR count). The molecule has 3 heterocycles. The molecule has 0 radical (unpaired) electrons. The van der Waals surface area contributed by atoms with Crippen LogP contribution in [0.2, 0.25) is 0 Å². The predicted molar refractivity (Wildman–Crippen MR) is 70.9 cm³/mol. The van der Waals surface area contributed by atoms with E-state index < -0.39 is 5.79 Å². The zero-order chi connectivity index (χ0) is 14.0. The van der Waals surface area contributed by atoms with Crippen LogP contribution in [0.4, 0.5) is 0 Å². The Hall–Kier alpha value is -1.14. The van der Waals surface area contributed by atoms with E-state index in [1.165, 1.54) is 0 Å². The first-order valence-corrected chi connectivity index (χ1v) is 7.56. The summed E-state index contributed by atoms with van der Waals surface area (Å²) in [5.41, 5.74) is 0. The van der Waals surface area contributed by atoms with Gasteiger partial charge in [-0.15, -0.1) is 0 Å². The summed E-state index contributed by atoms with van der Waals surface area (Å²) in [6.07, 6.45) is 4.48. The topological polar surface area (TPSA) is 59.1 Å². The van der Waals surface area contributed by atoms with Gasteiger partial charge in [-0.2, -0.15) is 0 Å². The number of carbonyl (C=O) groups excluding carboxylic acids is 2. The Morgan fingerprint density at radius 1 is 0.750 bits per heavy atom. The molecule has 6 heteroatoms. The maximum Gasteiger partial charge on any atom is 0.312 e. The summed E-state index contributed by atoms with van der Waals surface area (Å²) in [6, 6.07) is 0. The first kappa shape index (κ1) is 13.8. The summed E-state index contributed by atoms with van der Waals surface area (Å²) in [5, 5.41) is 0. The SMILES string of the molecule is O=C(C(=O)N1CCC2(CC1)OCCO2)N1CCCCC1. The van der Waals surface area contributed by atoms with Crippen molar-refractivity contribution in [1.82, 2.24) is 9.80 Å². The number of piperidine rings is 2. The van der Waals surface area contributed by atoms with Gasteiger partial charge < -0.3 is 19.3 Å². The van der Waals surface area contributed by atoms with Gasteiger partial charge in [0.2, 0.25) is 0 Å². The van der Waals surface area contributed by atoms with Crippen molar-refractivity contribution < 1.29 is 19.1 Å². The number of hydrogen-bond donors (Lipinski definition) is 0. The van der Waals surface area contributed by atoms with Gasteiger partial charge in [0.1, 0.15) is 0 Å². The van der Waals surface area contributed by atoms with Crippen molar-refractivity contribution in [3.05, 3.63) is 0 Å². The molecular formula is C14H22N2O4. The van der Waals surface area contributed by atoms with E-state index in [1.807, 2.05) is 0 Å². The monoisotopic (exact) mass is 282 g/mol. The van der Waals surface area contributed by atoms with Crippen molar-refractivity contribution in [2.24, 2.45) is 0 Å². The van der Waals surface area contributed by atoms with Gasteiger partial charge in [0.05, 0.1) is 13.2 Å². The minimum atomic E-state index is -0.495. The second-order valence-corrected chi connectivity index (χ2v) is 5.75. The fourth-order valence-electron chi connectivity index (χ4n) is 3.20. The molecule has 0 bridgehead atoms. The molecule has 1 spiro atoms. The van der Waals surface area contributed by atoms with Crippen LogP contribution in [0.1, 0.15) is 32.1 Å². The van der Waals surface area contributed by atoms with Crippen molar-refractivity contribution in [3.8, 4) is 0 Å². The minimum absolute atomic E-state index is 0.339. The van der Waals surface area contributed by atoms with Gasteiger partial charge in [-0.1, -0.05) is 0 Å². The molecule has 3 saturated heterocycles. The van der Waals surface area contributed by atoms with Crippen LogP contribution in [0.15, 0.2) is 0 Å². The van der Waals surface area contributed by atoms with E-state index in [0.29, 0.717) is 52.2 Å². The summed E-state index contributed by atoms with van der Waals surface area (Å²) >= 11 is 0. The maximum atomic E-state index is 12.3. The molecule has 20 heavy (non-hydrogen) atoms. The smallest absolute Gasteiger partial charge is 0.312 e. The second-order valence-electron chi connectivity index (χ2n) is 5.75. The normalized spacial score (nSPS) is 26.0. The lowest BCUT2D eigenvalue weighted by atomic mass is 10.0. The minimum Gasteiger partial charge on any atom is -0.347 e. The Balaban J connectivity index is 1.54. The van der Waals surface area contributed by atoms with Gasteiger partial charge in [0, 0.05) is 39.0 Å². The molecule has 6 nitrogen and oxygen atoms in total. The van der Waals surface area contributed by atoms with Crippen LogP contribution in [-0.2, 0) is 19.1 Å². The van der Waals surface area contributed by atoms with E-state index in [2.05, 4.69) is 0 Å². The highest BCUT2D eigenvalue weighted by atomic mass is 16.7. The zero-order valence-corrected chi connectivity index (χ0v) is 11.8. The van der Waals surface area contributed by atoms with Crippen molar-refractivity contribution in [2.75, 3.05) is 39.4 Å². The molecule has 2 amide bonds. The van der Waals surface area contributed by atoms with Crippen LogP contribution >= 0.6 is 0 Å². The van der Waals surface area contributed by atoms with Crippen LogP contribution in [0.5, 0.6) is 0 Å². The van der Waals surface area contributed by atoms with Crippen molar-refractivity contribution in [3.63, 3.8) is 0 Å².